The van der Waals surface area contributed by atoms with Crippen molar-refractivity contribution in [2.75, 3.05) is 20.8 Å². The zero-order valence-corrected chi connectivity index (χ0v) is 17.9. The lowest BCUT2D eigenvalue weighted by Crippen LogP contribution is -2.32. The Kier molecular flexibility index (Phi) is 6.76. The van der Waals surface area contributed by atoms with Gasteiger partial charge in [-0.2, -0.15) is 5.10 Å². The second-order valence-corrected chi connectivity index (χ2v) is 8.37. The second-order valence-electron chi connectivity index (χ2n) is 6.20. The van der Waals surface area contributed by atoms with Gasteiger partial charge in [0, 0.05) is 29.3 Å². The number of sulfonamides is 1. The minimum absolute atomic E-state index is 0.0420. The van der Waals surface area contributed by atoms with Crippen molar-refractivity contribution in [3.63, 3.8) is 0 Å². The van der Waals surface area contributed by atoms with Crippen LogP contribution in [0.2, 0.25) is 5.02 Å². The normalized spacial score (nSPS) is 11.3. The first kappa shape index (κ1) is 21.8. The van der Waals surface area contributed by atoms with Crippen molar-refractivity contribution in [1.82, 2.24) is 14.5 Å². The number of halogens is 1. The van der Waals surface area contributed by atoms with Crippen molar-refractivity contribution in [3.8, 4) is 22.8 Å². The van der Waals surface area contributed by atoms with E-state index < -0.39 is 10.0 Å². The number of hydrogen-bond donors (Lipinski definition) is 1. The van der Waals surface area contributed by atoms with Gasteiger partial charge in [0.25, 0.3) is 5.56 Å². The largest absolute Gasteiger partial charge is 0.497 e. The molecule has 1 aromatic heterocycles. The van der Waals surface area contributed by atoms with Crippen LogP contribution in [0.1, 0.15) is 0 Å². The summed E-state index contributed by atoms with van der Waals surface area (Å²) in [6.45, 7) is 0.00541. The maximum atomic E-state index is 12.7. The predicted octanol–water partition coefficient (Wildman–Crippen LogP) is 2.56. The van der Waals surface area contributed by atoms with E-state index in [0.29, 0.717) is 16.5 Å². The molecule has 10 heteroatoms. The number of hydrogen-bond acceptors (Lipinski definition) is 6. The van der Waals surface area contributed by atoms with E-state index in [0.717, 1.165) is 5.56 Å². The van der Waals surface area contributed by atoms with Gasteiger partial charge in [0.1, 0.15) is 16.4 Å². The van der Waals surface area contributed by atoms with E-state index in [4.69, 9.17) is 21.1 Å². The maximum Gasteiger partial charge on any atom is 0.266 e. The molecule has 3 aromatic rings. The lowest BCUT2D eigenvalue weighted by Gasteiger charge is -2.12. The van der Waals surface area contributed by atoms with Gasteiger partial charge in [0.15, 0.2) is 0 Å². The average Bonchev–Trinajstić information content (AvgIpc) is 2.75. The van der Waals surface area contributed by atoms with Crippen molar-refractivity contribution in [3.05, 3.63) is 70.0 Å². The molecule has 0 aliphatic carbocycles. The molecular weight excluding hydrogens is 430 g/mol. The molecule has 0 atom stereocenters. The van der Waals surface area contributed by atoms with Crippen molar-refractivity contribution in [2.45, 2.75) is 11.4 Å². The minimum atomic E-state index is -3.90. The molecule has 1 N–H and O–H groups in total. The molecule has 30 heavy (non-hydrogen) atoms. The summed E-state index contributed by atoms with van der Waals surface area (Å²) in [5.41, 5.74) is 1.02. The molecule has 0 amide bonds. The first-order valence-corrected chi connectivity index (χ1v) is 10.8. The Hall–Kier alpha value is -2.88. The van der Waals surface area contributed by atoms with Crippen LogP contribution in [0.3, 0.4) is 0 Å². The van der Waals surface area contributed by atoms with E-state index in [1.165, 1.54) is 37.1 Å². The minimum Gasteiger partial charge on any atom is -0.497 e. The van der Waals surface area contributed by atoms with E-state index >= 15 is 0 Å². The summed E-state index contributed by atoms with van der Waals surface area (Å²) in [6, 6.07) is 14.5. The molecule has 1 heterocycles. The molecule has 3 rings (SSSR count). The summed E-state index contributed by atoms with van der Waals surface area (Å²) < 4.78 is 39.3. The molecule has 158 valence electrons. The predicted molar refractivity (Wildman–Crippen MR) is 114 cm³/mol. The van der Waals surface area contributed by atoms with Gasteiger partial charge in [-0.05, 0) is 30.3 Å². The molecule has 0 radical (unpaired) electrons. The monoisotopic (exact) mass is 449 g/mol. The van der Waals surface area contributed by atoms with Crippen LogP contribution < -0.4 is 19.8 Å². The highest BCUT2D eigenvalue weighted by Gasteiger charge is 2.20. The van der Waals surface area contributed by atoms with E-state index in [9.17, 15) is 13.2 Å². The van der Waals surface area contributed by atoms with Crippen LogP contribution in [0.15, 0.2) is 64.3 Å². The summed E-state index contributed by atoms with van der Waals surface area (Å²) in [5, 5.41) is 4.90. The Labute approximate surface area is 179 Å². The summed E-state index contributed by atoms with van der Waals surface area (Å²) >= 11 is 5.90. The highest BCUT2D eigenvalue weighted by atomic mass is 35.5. The van der Waals surface area contributed by atoms with E-state index in [1.807, 2.05) is 0 Å². The average molecular weight is 450 g/mol. The summed E-state index contributed by atoms with van der Waals surface area (Å²) in [6.07, 6.45) is 0. The Balaban J connectivity index is 1.77. The number of benzene rings is 2. The number of rotatable bonds is 8. The van der Waals surface area contributed by atoms with Crippen LogP contribution >= 0.6 is 11.6 Å². The Morgan fingerprint density at radius 2 is 1.77 bits per heavy atom. The number of aromatic nitrogens is 2. The van der Waals surface area contributed by atoms with Gasteiger partial charge >= 0.3 is 0 Å². The van der Waals surface area contributed by atoms with Crippen LogP contribution in [-0.4, -0.2) is 39.0 Å². The van der Waals surface area contributed by atoms with Gasteiger partial charge in [-0.15, -0.1) is 0 Å². The van der Waals surface area contributed by atoms with E-state index in [2.05, 4.69) is 9.82 Å². The maximum absolute atomic E-state index is 12.7. The third-order valence-corrected chi connectivity index (χ3v) is 6.02. The standard InChI is InChI=1S/C20H20ClN3O5S/c1-28-16-7-9-18(29-2)19(13-16)30(26,27)22-11-12-24-20(25)10-8-17(23-24)14-3-5-15(21)6-4-14/h3-10,13,22H,11-12H2,1-2H3. The highest BCUT2D eigenvalue weighted by Crippen LogP contribution is 2.27. The van der Waals surface area contributed by atoms with Crippen molar-refractivity contribution in [2.24, 2.45) is 0 Å². The third kappa shape index (κ3) is 4.99. The molecule has 0 saturated heterocycles. The summed E-state index contributed by atoms with van der Waals surface area (Å²) in [7, 11) is -1.08. The fourth-order valence-electron chi connectivity index (χ4n) is 2.74. The SMILES string of the molecule is COc1ccc(OC)c(S(=O)(=O)NCCn2nc(-c3ccc(Cl)cc3)ccc2=O)c1. The quantitative estimate of drug-likeness (QED) is 0.567. The molecule has 2 aromatic carbocycles. The Bertz CT molecular complexity index is 1190. The van der Waals surface area contributed by atoms with Gasteiger partial charge in [-0.3, -0.25) is 4.79 Å². The Morgan fingerprint density at radius 3 is 2.43 bits per heavy atom. The van der Waals surface area contributed by atoms with Crippen LogP contribution in [0.5, 0.6) is 11.5 Å². The van der Waals surface area contributed by atoms with Crippen LogP contribution in [0.4, 0.5) is 0 Å². The van der Waals surface area contributed by atoms with Gasteiger partial charge < -0.3 is 9.47 Å². The van der Waals surface area contributed by atoms with Gasteiger partial charge in [-0.25, -0.2) is 17.8 Å². The zero-order chi connectivity index (χ0) is 21.7. The summed E-state index contributed by atoms with van der Waals surface area (Å²) in [4.78, 5) is 12.1. The zero-order valence-electron chi connectivity index (χ0n) is 16.3. The van der Waals surface area contributed by atoms with Gasteiger partial charge in [0.05, 0.1) is 26.5 Å². The number of nitrogens with one attached hydrogen (secondary N) is 1. The van der Waals surface area contributed by atoms with Crippen molar-refractivity contribution < 1.29 is 17.9 Å². The lowest BCUT2D eigenvalue weighted by atomic mass is 10.1. The smallest absolute Gasteiger partial charge is 0.266 e. The second kappa shape index (κ2) is 9.29. The molecule has 0 saturated carbocycles. The molecule has 0 spiro atoms. The van der Waals surface area contributed by atoms with Crippen molar-refractivity contribution >= 4 is 21.6 Å². The molecule has 0 aliphatic rings. The Morgan fingerprint density at radius 1 is 1.03 bits per heavy atom. The van der Waals surface area contributed by atoms with Gasteiger partial charge in [-0.1, -0.05) is 23.7 Å². The molecular formula is C20H20ClN3O5S. The van der Waals surface area contributed by atoms with E-state index in [1.54, 1.807) is 36.4 Å². The summed E-state index contributed by atoms with van der Waals surface area (Å²) in [5.74, 6) is 0.563. The third-order valence-electron chi connectivity index (χ3n) is 4.28. The molecule has 0 fully saturated rings. The number of ether oxygens (including phenoxy) is 2. The van der Waals surface area contributed by atoms with Gasteiger partial charge in [0.2, 0.25) is 10.0 Å². The number of methoxy groups -OCH3 is 2. The van der Waals surface area contributed by atoms with Crippen LogP contribution in [0, 0.1) is 0 Å². The lowest BCUT2D eigenvalue weighted by molar-refractivity contribution is 0.392. The fraction of sp³-hybridized carbons (Fsp3) is 0.200. The van der Waals surface area contributed by atoms with Crippen LogP contribution in [0.25, 0.3) is 11.3 Å². The first-order chi connectivity index (χ1) is 14.3. The fourth-order valence-corrected chi connectivity index (χ4v) is 4.07. The topological polar surface area (TPSA) is 99.5 Å². The first-order valence-electron chi connectivity index (χ1n) is 8.90. The molecule has 0 bridgehead atoms. The molecule has 8 nitrogen and oxygen atoms in total. The highest BCUT2D eigenvalue weighted by molar-refractivity contribution is 7.89. The van der Waals surface area contributed by atoms with Crippen LogP contribution in [-0.2, 0) is 16.6 Å². The molecule has 0 unspecified atom stereocenters. The van der Waals surface area contributed by atoms with E-state index in [-0.39, 0.29) is 29.3 Å². The molecule has 0 aliphatic heterocycles. The number of nitrogens with zero attached hydrogens (tertiary/aromatic N) is 2. The van der Waals surface area contributed by atoms with Crippen molar-refractivity contribution in [1.29, 1.82) is 0 Å².